The molecule has 0 bridgehead atoms. The van der Waals surface area contributed by atoms with Crippen molar-refractivity contribution in [1.29, 1.82) is 0 Å². The molecule has 118 valence electrons. The smallest absolute Gasteiger partial charge is 0.195 e. The van der Waals surface area contributed by atoms with Crippen LogP contribution in [-0.2, 0) is 16.8 Å². The topological polar surface area (TPSA) is 40.6 Å². The fourth-order valence-electron chi connectivity index (χ4n) is 2.90. The van der Waals surface area contributed by atoms with E-state index < -0.39 is 10.2 Å². The summed E-state index contributed by atoms with van der Waals surface area (Å²) in [4.78, 5) is 0. The third-order valence-corrected chi connectivity index (χ3v) is 6.13. The molecule has 0 aliphatic carbocycles. The average molecular weight is 310 g/mol. The number of piperidine rings is 1. The van der Waals surface area contributed by atoms with E-state index in [-0.39, 0.29) is 0 Å². The summed E-state index contributed by atoms with van der Waals surface area (Å²) in [5, 5.41) is 0. The van der Waals surface area contributed by atoms with Crippen molar-refractivity contribution in [1.82, 2.24) is 8.61 Å². The summed E-state index contributed by atoms with van der Waals surface area (Å²) >= 11 is 0. The van der Waals surface area contributed by atoms with Crippen LogP contribution in [0.15, 0.2) is 18.2 Å². The fraction of sp³-hybridized carbons (Fsp3) is 0.625. The van der Waals surface area contributed by atoms with E-state index in [1.165, 1.54) is 9.87 Å². The Balaban J connectivity index is 2.12. The molecule has 0 N–H and O–H groups in total. The molecule has 1 saturated heterocycles. The zero-order valence-corrected chi connectivity index (χ0v) is 14.3. The SMILES string of the molecule is Cc1ccc(CN(C)S(=O)(=O)N2CCC[C@H](C)C2)c(C)c1. The molecule has 0 aromatic heterocycles. The molecule has 2 rings (SSSR count). The van der Waals surface area contributed by atoms with E-state index in [0.29, 0.717) is 25.6 Å². The maximum Gasteiger partial charge on any atom is 0.282 e. The predicted octanol–water partition coefficient (Wildman–Crippen LogP) is 2.71. The van der Waals surface area contributed by atoms with Gasteiger partial charge in [-0.3, -0.25) is 0 Å². The highest BCUT2D eigenvalue weighted by atomic mass is 32.2. The summed E-state index contributed by atoms with van der Waals surface area (Å²) < 4.78 is 28.4. The van der Waals surface area contributed by atoms with Crippen molar-refractivity contribution in [3.05, 3.63) is 34.9 Å². The highest BCUT2D eigenvalue weighted by molar-refractivity contribution is 7.86. The maximum atomic E-state index is 12.7. The Morgan fingerprint density at radius 1 is 1.33 bits per heavy atom. The van der Waals surface area contributed by atoms with Gasteiger partial charge in [0, 0.05) is 26.7 Å². The van der Waals surface area contributed by atoms with Gasteiger partial charge in [0.1, 0.15) is 0 Å². The molecule has 0 saturated carbocycles. The van der Waals surface area contributed by atoms with Gasteiger partial charge >= 0.3 is 0 Å². The predicted molar refractivity (Wildman–Crippen MR) is 86.3 cm³/mol. The van der Waals surface area contributed by atoms with E-state index in [4.69, 9.17) is 0 Å². The first-order valence-corrected chi connectivity index (χ1v) is 8.98. The van der Waals surface area contributed by atoms with Crippen LogP contribution in [0.5, 0.6) is 0 Å². The second-order valence-electron chi connectivity index (χ2n) is 6.30. The van der Waals surface area contributed by atoms with Gasteiger partial charge < -0.3 is 0 Å². The third-order valence-electron chi connectivity index (χ3n) is 4.23. The van der Waals surface area contributed by atoms with Crippen LogP contribution in [0.4, 0.5) is 0 Å². The Kier molecular flexibility index (Phi) is 5.07. The van der Waals surface area contributed by atoms with Gasteiger partial charge in [-0.05, 0) is 43.7 Å². The number of aryl methyl sites for hydroxylation is 2. The van der Waals surface area contributed by atoms with Gasteiger partial charge in [0.15, 0.2) is 0 Å². The summed E-state index contributed by atoms with van der Waals surface area (Å²) in [7, 11) is -1.68. The van der Waals surface area contributed by atoms with E-state index in [0.717, 1.165) is 24.0 Å². The van der Waals surface area contributed by atoms with Gasteiger partial charge in [-0.2, -0.15) is 17.0 Å². The molecule has 1 atom stereocenters. The van der Waals surface area contributed by atoms with Crippen LogP contribution in [0, 0.1) is 19.8 Å². The third kappa shape index (κ3) is 3.84. The van der Waals surface area contributed by atoms with Crippen molar-refractivity contribution in [2.75, 3.05) is 20.1 Å². The molecule has 1 aromatic carbocycles. The molecule has 0 unspecified atom stereocenters. The molecule has 21 heavy (non-hydrogen) atoms. The van der Waals surface area contributed by atoms with Gasteiger partial charge in [-0.1, -0.05) is 30.7 Å². The van der Waals surface area contributed by atoms with Crippen LogP contribution < -0.4 is 0 Å². The lowest BCUT2D eigenvalue weighted by Gasteiger charge is -2.33. The lowest BCUT2D eigenvalue weighted by Crippen LogP contribution is -2.46. The second kappa shape index (κ2) is 6.46. The normalized spacial score (nSPS) is 20.9. The van der Waals surface area contributed by atoms with E-state index in [1.54, 1.807) is 11.4 Å². The number of rotatable bonds is 4. The average Bonchev–Trinajstić information content (AvgIpc) is 2.41. The Bertz CT molecular complexity index is 598. The fourth-order valence-corrected chi connectivity index (χ4v) is 4.40. The highest BCUT2D eigenvalue weighted by Gasteiger charge is 2.30. The molecular weight excluding hydrogens is 284 g/mol. The molecule has 1 fully saturated rings. The summed E-state index contributed by atoms with van der Waals surface area (Å²) in [6.07, 6.45) is 2.07. The van der Waals surface area contributed by atoms with Gasteiger partial charge in [0.2, 0.25) is 0 Å². The second-order valence-corrected chi connectivity index (χ2v) is 8.33. The van der Waals surface area contributed by atoms with E-state index >= 15 is 0 Å². The standard InChI is InChI=1S/C16H26N2O2S/c1-13-7-8-16(15(3)10-13)12-17(4)21(19,20)18-9-5-6-14(2)11-18/h7-8,10,14H,5-6,9,11-12H2,1-4H3/t14-/m0/s1. The zero-order valence-electron chi connectivity index (χ0n) is 13.5. The molecule has 1 aliphatic rings. The van der Waals surface area contributed by atoms with E-state index in [9.17, 15) is 8.42 Å². The van der Waals surface area contributed by atoms with Crippen LogP contribution >= 0.6 is 0 Å². The number of hydrogen-bond donors (Lipinski definition) is 0. The zero-order chi connectivity index (χ0) is 15.6. The van der Waals surface area contributed by atoms with E-state index in [2.05, 4.69) is 13.0 Å². The molecule has 4 nitrogen and oxygen atoms in total. The summed E-state index contributed by atoms with van der Waals surface area (Å²) in [5.41, 5.74) is 3.41. The minimum absolute atomic E-state index is 0.430. The van der Waals surface area contributed by atoms with Crippen molar-refractivity contribution >= 4 is 10.2 Å². The van der Waals surface area contributed by atoms with Crippen LogP contribution in [-0.4, -0.2) is 37.2 Å². The Hall–Kier alpha value is -0.910. The highest BCUT2D eigenvalue weighted by Crippen LogP contribution is 2.21. The van der Waals surface area contributed by atoms with Crippen molar-refractivity contribution in [3.8, 4) is 0 Å². The molecule has 5 heteroatoms. The van der Waals surface area contributed by atoms with Crippen LogP contribution in [0.25, 0.3) is 0 Å². The van der Waals surface area contributed by atoms with Gasteiger partial charge in [-0.15, -0.1) is 0 Å². The summed E-state index contributed by atoms with van der Waals surface area (Å²) in [6, 6.07) is 6.15. The molecule has 0 amide bonds. The lowest BCUT2D eigenvalue weighted by molar-refractivity contribution is 0.263. The van der Waals surface area contributed by atoms with Crippen molar-refractivity contribution < 1.29 is 8.42 Å². The minimum atomic E-state index is -3.35. The Morgan fingerprint density at radius 2 is 2.05 bits per heavy atom. The molecule has 1 aliphatic heterocycles. The van der Waals surface area contributed by atoms with Crippen LogP contribution in [0.1, 0.15) is 36.5 Å². The van der Waals surface area contributed by atoms with Crippen LogP contribution in [0.3, 0.4) is 0 Å². The van der Waals surface area contributed by atoms with E-state index in [1.807, 2.05) is 26.0 Å². The molecule has 1 heterocycles. The first kappa shape index (κ1) is 16.5. The monoisotopic (exact) mass is 310 g/mol. The molecular formula is C16H26N2O2S. The summed E-state index contributed by atoms with van der Waals surface area (Å²) in [6.45, 7) is 7.91. The Labute approximate surface area is 128 Å². The summed E-state index contributed by atoms with van der Waals surface area (Å²) in [5.74, 6) is 0.447. The van der Waals surface area contributed by atoms with Crippen molar-refractivity contribution in [2.24, 2.45) is 5.92 Å². The molecule has 1 aromatic rings. The van der Waals surface area contributed by atoms with Gasteiger partial charge in [0.25, 0.3) is 10.2 Å². The molecule has 0 spiro atoms. The van der Waals surface area contributed by atoms with Gasteiger partial charge in [0.05, 0.1) is 0 Å². The number of nitrogens with zero attached hydrogens (tertiary/aromatic N) is 2. The Morgan fingerprint density at radius 3 is 2.67 bits per heavy atom. The lowest BCUT2D eigenvalue weighted by atomic mass is 10.0. The number of benzene rings is 1. The molecule has 0 radical (unpaired) electrons. The first-order chi connectivity index (χ1) is 9.80. The van der Waals surface area contributed by atoms with Crippen molar-refractivity contribution in [2.45, 2.75) is 40.2 Å². The maximum absolute atomic E-state index is 12.7. The largest absolute Gasteiger partial charge is 0.282 e. The van der Waals surface area contributed by atoms with Gasteiger partial charge in [-0.25, -0.2) is 0 Å². The van der Waals surface area contributed by atoms with Crippen molar-refractivity contribution in [3.63, 3.8) is 0 Å². The quantitative estimate of drug-likeness (QED) is 0.858. The first-order valence-electron chi connectivity index (χ1n) is 7.58. The van der Waals surface area contributed by atoms with Crippen LogP contribution in [0.2, 0.25) is 0 Å². The number of hydrogen-bond acceptors (Lipinski definition) is 2. The minimum Gasteiger partial charge on any atom is -0.195 e.